The van der Waals surface area contributed by atoms with Crippen LogP contribution in [0.1, 0.15) is 10.4 Å². The van der Waals surface area contributed by atoms with Gasteiger partial charge in [-0.1, -0.05) is 0 Å². The van der Waals surface area contributed by atoms with Crippen LogP contribution in [0, 0.1) is 0 Å². The van der Waals surface area contributed by atoms with Gasteiger partial charge >= 0.3 is 5.97 Å². The largest absolute Gasteiger partial charge is 0.478 e. The number of hydrogen-bond donors (Lipinski definition) is 2. The summed E-state index contributed by atoms with van der Waals surface area (Å²) in [5.74, 6) is -0.473. The second-order valence-corrected chi connectivity index (χ2v) is 3.43. The summed E-state index contributed by atoms with van der Waals surface area (Å²) in [5.41, 5.74) is 0.197. The van der Waals surface area contributed by atoms with Crippen LogP contribution in [-0.4, -0.2) is 49.5 Å². The van der Waals surface area contributed by atoms with E-state index in [1.54, 1.807) is 14.2 Å². The van der Waals surface area contributed by atoms with Crippen molar-refractivity contribution in [1.29, 1.82) is 0 Å². The van der Waals surface area contributed by atoms with Crippen LogP contribution < -0.4 is 5.32 Å². The number of methoxy groups -OCH3 is 2. The summed E-state index contributed by atoms with van der Waals surface area (Å²) in [6, 6.07) is 2.92. The highest BCUT2D eigenvalue weighted by Gasteiger charge is 2.08. The van der Waals surface area contributed by atoms with E-state index in [0.29, 0.717) is 19.0 Å². The Kier molecular flexibility index (Phi) is 5.38. The molecule has 0 bridgehead atoms. The number of hydrogen-bond acceptors (Lipinski definition) is 5. The number of nitrogens with zero attached hydrogens (tertiary/aromatic N) is 1. The molecular formula is C11H16N2O4. The van der Waals surface area contributed by atoms with Gasteiger partial charge in [0.1, 0.15) is 5.82 Å². The fourth-order valence-electron chi connectivity index (χ4n) is 1.27. The standard InChI is InChI=1S/C11H16N2O4/c1-16-7-9(17-2)6-13-10-5-8(11(14)15)3-4-12-10/h3-5,9H,6-7H2,1-2H3,(H,12,13)(H,14,15). The highest BCUT2D eigenvalue weighted by atomic mass is 16.5. The lowest BCUT2D eigenvalue weighted by Gasteiger charge is -2.15. The first-order valence-electron chi connectivity index (χ1n) is 5.12. The zero-order valence-corrected chi connectivity index (χ0v) is 9.84. The predicted octanol–water partition coefficient (Wildman–Crippen LogP) is 0.853. The first kappa shape index (κ1) is 13.4. The van der Waals surface area contributed by atoms with E-state index >= 15 is 0 Å². The van der Waals surface area contributed by atoms with E-state index in [-0.39, 0.29) is 11.7 Å². The molecule has 0 fully saturated rings. The van der Waals surface area contributed by atoms with Crippen LogP contribution in [0.2, 0.25) is 0 Å². The number of pyridine rings is 1. The SMILES string of the molecule is COCC(CNc1cc(C(=O)O)ccn1)OC. The zero-order chi connectivity index (χ0) is 12.7. The minimum atomic E-state index is -0.976. The molecule has 0 aliphatic rings. The van der Waals surface area contributed by atoms with E-state index in [0.717, 1.165) is 0 Å². The fourth-order valence-corrected chi connectivity index (χ4v) is 1.27. The first-order valence-corrected chi connectivity index (χ1v) is 5.12. The minimum absolute atomic E-state index is 0.102. The van der Waals surface area contributed by atoms with Gasteiger partial charge in [0, 0.05) is 27.0 Å². The molecule has 1 unspecified atom stereocenters. The van der Waals surface area contributed by atoms with Gasteiger partial charge in [0.05, 0.1) is 18.3 Å². The molecule has 0 amide bonds. The maximum atomic E-state index is 10.7. The molecule has 0 spiro atoms. The number of carboxylic acid groups (broad SMARTS) is 1. The summed E-state index contributed by atoms with van der Waals surface area (Å²) in [5, 5.41) is 11.8. The number of aromatic carboxylic acids is 1. The van der Waals surface area contributed by atoms with Crippen LogP contribution in [-0.2, 0) is 9.47 Å². The van der Waals surface area contributed by atoms with E-state index in [1.165, 1.54) is 18.3 Å². The van der Waals surface area contributed by atoms with Crippen LogP contribution in [0.15, 0.2) is 18.3 Å². The highest BCUT2D eigenvalue weighted by Crippen LogP contribution is 2.07. The second-order valence-electron chi connectivity index (χ2n) is 3.43. The van der Waals surface area contributed by atoms with Crippen molar-refractivity contribution in [1.82, 2.24) is 4.98 Å². The summed E-state index contributed by atoms with van der Waals surface area (Å²) >= 11 is 0. The van der Waals surface area contributed by atoms with Crippen molar-refractivity contribution in [2.45, 2.75) is 6.10 Å². The van der Waals surface area contributed by atoms with Crippen molar-refractivity contribution in [3.8, 4) is 0 Å². The lowest BCUT2D eigenvalue weighted by atomic mass is 10.2. The summed E-state index contributed by atoms with van der Waals surface area (Å²) in [6.07, 6.45) is 1.35. The van der Waals surface area contributed by atoms with Gasteiger partial charge < -0.3 is 19.9 Å². The van der Waals surface area contributed by atoms with Crippen molar-refractivity contribution in [2.75, 3.05) is 32.7 Å². The van der Waals surface area contributed by atoms with Crippen molar-refractivity contribution in [2.24, 2.45) is 0 Å². The van der Waals surface area contributed by atoms with Crippen LogP contribution in [0.4, 0.5) is 5.82 Å². The van der Waals surface area contributed by atoms with Gasteiger partial charge in [-0.15, -0.1) is 0 Å². The predicted molar refractivity (Wildman–Crippen MR) is 62.4 cm³/mol. The molecule has 0 saturated heterocycles. The van der Waals surface area contributed by atoms with Gasteiger partial charge in [0.15, 0.2) is 0 Å². The van der Waals surface area contributed by atoms with E-state index < -0.39 is 5.97 Å². The molecular weight excluding hydrogens is 224 g/mol. The van der Waals surface area contributed by atoms with E-state index in [1.807, 2.05) is 0 Å². The molecule has 17 heavy (non-hydrogen) atoms. The molecule has 6 nitrogen and oxygen atoms in total. The average Bonchev–Trinajstić information content (AvgIpc) is 2.34. The van der Waals surface area contributed by atoms with Crippen molar-refractivity contribution in [3.63, 3.8) is 0 Å². The Morgan fingerprint density at radius 2 is 2.35 bits per heavy atom. The van der Waals surface area contributed by atoms with Crippen LogP contribution in [0.25, 0.3) is 0 Å². The topological polar surface area (TPSA) is 80.7 Å². The quantitative estimate of drug-likeness (QED) is 0.735. The van der Waals surface area contributed by atoms with Gasteiger partial charge in [0.2, 0.25) is 0 Å². The molecule has 0 saturated carbocycles. The number of carbonyl (C=O) groups is 1. The number of nitrogens with one attached hydrogen (secondary N) is 1. The zero-order valence-electron chi connectivity index (χ0n) is 9.84. The van der Waals surface area contributed by atoms with Gasteiger partial charge in [-0.2, -0.15) is 0 Å². The molecule has 1 atom stereocenters. The van der Waals surface area contributed by atoms with Gasteiger partial charge in [-0.05, 0) is 12.1 Å². The summed E-state index contributed by atoms with van der Waals surface area (Å²) in [4.78, 5) is 14.8. The van der Waals surface area contributed by atoms with E-state index in [9.17, 15) is 4.79 Å². The highest BCUT2D eigenvalue weighted by molar-refractivity contribution is 5.88. The monoisotopic (exact) mass is 240 g/mol. The van der Waals surface area contributed by atoms with E-state index in [2.05, 4.69) is 10.3 Å². The second kappa shape index (κ2) is 6.82. The number of rotatable bonds is 7. The molecule has 2 N–H and O–H groups in total. The third kappa shape index (κ3) is 4.38. The van der Waals surface area contributed by atoms with Gasteiger partial charge in [-0.3, -0.25) is 0 Å². The molecule has 1 aromatic heterocycles. The lowest BCUT2D eigenvalue weighted by molar-refractivity contribution is 0.0365. The smallest absolute Gasteiger partial charge is 0.335 e. The maximum absolute atomic E-state index is 10.7. The molecule has 94 valence electrons. The Morgan fingerprint density at radius 3 is 2.94 bits per heavy atom. The van der Waals surface area contributed by atoms with Crippen molar-refractivity contribution in [3.05, 3.63) is 23.9 Å². The fraction of sp³-hybridized carbons (Fsp3) is 0.455. The van der Waals surface area contributed by atoms with E-state index in [4.69, 9.17) is 14.6 Å². The molecule has 6 heteroatoms. The average molecular weight is 240 g/mol. The summed E-state index contributed by atoms with van der Waals surface area (Å²) in [7, 11) is 3.18. The third-order valence-corrected chi connectivity index (χ3v) is 2.20. The Bertz CT molecular complexity index is 370. The molecule has 0 aliphatic heterocycles. The minimum Gasteiger partial charge on any atom is -0.478 e. The normalized spacial score (nSPS) is 12.1. The van der Waals surface area contributed by atoms with Crippen molar-refractivity contribution < 1.29 is 19.4 Å². The first-order chi connectivity index (χ1) is 8.17. The van der Waals surface area contributed by atoms with Gasteiger partial charge in [0.25, 0.3) is 0 Å². The van der Waals surface area contributed by atoms with Crippen molar-refractivity contribution >= 4 is 11.8 Å². The number of anilines is 1. The number of aromatic nitrogens is 1. The van der Waals surface area contributed by atoms with Crippen LogP contribution in [0.5, 0.6) is 0 Å². The molecule has 0 aliphatic carbocycles. The molecule has 0 radical (unpaired) electrons. The summed E-state index contributed by atoms with van der Waals surface area (Å²) < 4.78 is 10.1. The molecule has 1 aromatic rings. The third-order valence-electron chi connectivity index (χ3n) is 2.20. The Hall–Kier alpha value is -1.66. The van der Waals surface area contributed by atoms with Crippen LogP contribution >= 0.6 is 0 Å². The van der Waals surface area contributed by atoms with Crippen LogP contribution in [0.3, 0.4) is 0 Å². The maximum Gasteiger partial charge on any atom is 0.335 e. The Labute approximate surface area is 99.6 Å². The number of carboxylic acids is 1. The lowest BCUT2D eigenvalue weighted by Crippen LogP contribution is -2.26. The number of ether oxygens (including phenoxy) is 2. The van der Waals surface area contributed by atoms with Gasteiger partial charge in [-0.25, -0.2) is 9.78 Å². The molecule has 1 rings (SSSR count). The molecule has 0 aromatic carbocycles. The Morgan fingerprint density at radius 1 is 1.59 bits per heavy atom. The molecule has 1 heterocycles. The Balaban J connectivity index is 2.56. The summed E-state index contributed by atoms with van der Waals surface area (Å²) in [6.45, 7) is 0.961.